The Morgan fingerprint density at radius 2 is 2.14 bits per heavy atom. The summed E-state index contributed by atoms with van der Waals surface area (Å²) in [6.45, 7) is -0.223. The van der Waals surface area contributed by atoms with Gasteiger partial charge in [0.2, 0.25) is 0 Å². The summed E-state index contributed by atoms with van der Waals surface area (Å²) in [4.78, 5) is 10.3. The molecule has 5 nitrogen and oxygen atoms in total. The molecule has 0 amide bonds. The van der Waals surface area contributed by atoms with Crippen LogP contribution < -0.4 is 0 Å². The molecule has 0 saturated carbocycles. The molecule has 1 rings (SSSR count). The summed E-state index contributed by atoms with van der Waals surface area (Å²) >= 11 is 0. The van der Waals surface area contributed by atoms with Crippen LogP contribution in [0.3, 0.4) is 0 Å². The summed E-state index contributed by atoms with van der Waals surface area (Å²) in [6, 6.07) is 2.81. The molecule has 0 aromatic carbocycles. The van der Waals surface area contributed by atoms with Gasteiger partial charge in [-0.3, -0.25) is 4.79 Å². The molecule has 1 aromatic rings. The van der Waals surface area contributed by atoms with E-state index in [9.17, 15) is 15.0 Å². The van der Waals surface area contributed by atoms with E-state index in [1.165, 1.54) is 12.1 Å². The van der Waals surface area contributed by atoms with E-state index in [1.54, 1.807) is 0 Å². The smallest absolute Gasteiger partial charge is 0.185 e. The van der Waals surface area contributed by atoms with Crippen LogP contribution >= 0.6 is 0 Å². The topological polar surface area (TPSA) is 90.9 Å². The zero-order valence-electron chi connectivity index (χ0n) is 7.46. The molecule has 3 N–H and O–H groups in total. The summed E-state index contributed by atoms with van der Waals surface area (Å²) in [7, 11) is 0. The van der Waals surface area contributed by atoms with Crippen LogP contribution in [0.25, 0.3) is 0 Å². The first-order valence-electron chi connectivity index (χ1n) is 4.21. The number of aldehydes is 1. The molecular formula is C9H12O5. The van der Waals surface area contributed by atoms with Crippen molar-refractivity contribution < 1.29 is 24.5 Å². The lowest BCUT2D eigenvalue weighted by Crippen LogP contribution is -2.18. The van der Waals surface area contributed by atoms with Gasteiger partial charge in [0.25, 0.3) is 0 Å². The molecule has 1 heterocycles. The minimum absolute atomic E-state index is 0.0539. The summed E-state index contributed by atoms with van der Waals surface area (Å²) in [5.41, 5.74) is 0. The molecule has 0 aliphatic carbocycles. The third-order valence-corrected chi connectivity index (χ3v) is 1.84. The highest BCUT2D eigenvalue weighted by Gasteiger charge is 2.20. The number of aliphatic hydroxyl groups is 3. The maximum absolute atomic E-state index is 10.3. The van der Waals surface area contributed by atoms with Crippen LogP contribution in [0.1, 0.15) is 28.8 Å². The maximum Gasteiger partial charge on any atom is 0.185 e. The first kappa shape index (κ1) is 10.9. The monoisotopic (exact) mass is 200 g/mol. The fourth-order valence-electron chi connectivity index (χ4n) is 1.07. The van der Waals surface area contributed by atoms with E-state index in [2.05, 4.69) is 0 Å². The second-order valence-corrected chi connectivity index (χ2v) is 2.88. The fraction of sp³-hybridized carbons (Fsp3) is 0.444. The molecule has 14 heavy (non-hydrogen) atoms. The largest absolute Gasteiger partial charge is 0.455 e. The molecule has 0 saturated heterocycles. The lowest BCUT2D eigenvalue weighted by molar-refractivity contribution is -0.00747. The van der Waals surface area contributed by atoms with Gasteiger partial charge >= 0.3 is 0 Å². The fourth-order valence-corrected chi connectivity index (χ4v) is 1.07. The molecule has 2 atom stereocenters. The van der Waals surface area contributed by atoms with Crippen LogP contribution in [0.4, 0.5) is 0 Å². The summed E-state index contributed by atoms with van der Waals surface area (Å²) in [5, 5.41) is 27.3. The van der Waals surface area contributed by atoms with Gasteiger partial charge in [-0.25, -0.2) is 0 Å². The summed E-state index contributed by atoms with van der Waals surface area (Å²) in [5.74, 6) is 0.211. The van der Waals surface area contributed by atoms with Crippen molar-refractivity contribution in [3.63, 3.8) is 0 Å². The first-order chi connectivity index (χ1) is 6.69. The Hall–Kier alpha value is -1.17. The van der Waals surface area contributed by atoms with Gasteiger partial charge in [-0.2, -0.15) is 0 Å². The number of furan rings is 1. The lowest BCUT2D eigenvalue weighted by Gasteiger charge is -2.13. The van der Waals surface area contributed by atoms with Crippen molar-refractivity contribution in [1.82, 2.24) is 0 Å². The van der Waals surface area contributed by atoms with Crippen molar-refractivity contribution in [3.05, 3.63) is 23.7 Å². The summed E-state index contributed by atoms with van der Waals surface area (Å²) in [6.07, 6.45) is -1.74. The predicted molar refractivity (Wildman–Crippen MR) is 46.8 cm³/mol. The highest BCUT2D eigenvalue weighted by Crippen LogP contribution is 2.20. The minimum Gasteiger partial charge on any atom is -0.455 e. The van der Waals surface area contributed by atoms with Crippen LogP contribution in [-0.4, -0.2) is 34.3 Å². The van der Waals surface area contributed by atoms with Crippen LogP contribution in [0.15, 0.2) is 16.5 Å². The normalized spacial score (nSPS) is 15.1. The van der Waals surface area contributed by atoms with E-state index in [-0.39, 0.29) is 24.5 Å². The van der Waals surface area contributed by atoms with Gasteiger partial charge in [0.05, 0.1) is 6.10 Å². The third-order valence-electron chi connectivity index (χ3n) is 1.84. The van der Waals surface area contributed by atoms with Crippen LogP contribution in [0.5, 0.6) is 0 Å². The average molecular weight is 200 g/mol. The Balaban J connectivity index is 2.67. The predicted octanol–water partition coefficient (Wildman–Crippen LogP) is -0.131. The number of hydrogen-bond donors (Lipinski definition) is 3. The highest BCUT2D eigenvalue weighted by atomic mass is 16.4. The van der Waals surface area contributed by atoms with E-state index in [4.69, 9.17) is 9.52 Å². The van der Waals surface area contributed by atoms with Crippen LogP contribution in [0, 0.1) is 0 Å². The molecule has 0 fully saturated rings. The molecule has 0 radical (unpaired) electrons. The van der Waals surface area contributed by atoms with Crippen molar-refractivity contribution in [3.8, 4) is 0 Å². The third kappa shape index (κ3) is 2.41. The standard InChI is InChI=1S/C9H12O5/c10-4-3-7(12)9(13)8-2-1-6(5-11)14-8/h1-2,5,7,9-10,12-13H,3-4H2. The Kier molecular flexibility index (Phi) is 3.82. The molecule has 5 heteroatoms. The van der Waals surface area contributed by atoms with Crippen molar-refractivity contribution >= 4 is 6.29 Å². The Labute approximate surface area is 80.6 Å². The Bertz CT molecular complexity index is 293. The molecule has 0 spiro atoms. The lowest BCUT2D eigenvalue weighted by atomic mass is 10.1. The van der Waals surface area contributed by atoms with E-state index in [1.807, 2.05) is 0 Å². The van der Waals surface area contributed by atoms with Gasteiger partial charge in [-0.15, -0.1) is 0 Å². The zero-order valence-corrected chi connectivity index (χ0v) is 7.46. The van der Waals surface area contributed by atoms with Gasteiger partial charge in [-0.1, -0.05) is 0 Å². The van der Waals surface area contributed by atoms with Gasteiger partial charge in [0.1, 0.15) is 11.9 Å². The SMILES string of the molecule is O=Cc1ccc(C(O)C(O)CCO)o1. The molecule has 0 aliphatic heterocycles. The van der Waals surface area contributed by atoms with E-state index < -0.39 is 12.2 Å². The van der Waals surface area contributed by atoms with Gasteiger partial charge in [-0.05, 0) is 18.6 Å². The molecule has 2 unspecified atom stereocenters. The molecule has 0 aliphatic rings. The Morgan fingerprint density at radius 3 is 2.64 bits per heavy atom. The van der Waals surface area contributed by atoms with Gasteiger partial charge < -0.3 is 19.7 Å². The van der Waals surface area contributed by atoms with E-state index in [0.717, 1.165) is 0 Å². The summed E-state index contributed by atoms with van der Waals surface area (Å²) < 4.78 is 4.90. The van der Waals surface area contributed by atoms with Crippen molar-refractivity contribution in [2.45, 2.75) is 18.6 Å². The van der Waals surface area contributed by atoms with Crippen molar-refractivity contribution in [1.29, 1.82) is 0 Å². The van der Waals surface area contributed by atoms with Crippen molar-refractivity contribution in [2.24, 2.45) is 0 Å². The second-order valence-electron chi connectivity index (χ2n) is 2.88. The van der Waals surface area contributed by atoms with E-state index >= 15 is 0 Å². The maximum atomic E-state index is 10.3. The second kappa shape index (κ2) is 4.90. The van der Waals surface area contributed by atoms with Crippen molar-refractivity contribution in [2.75, 3.05) is 6.61 Å². The number of aliphatic hydroxyl groups excluding tert-OH is 3. The highest BCUT2D eigenvalue weighted by molar-refractivity contribution is 5.70. The molecule has 78 valence electrons. The van der Waals surface area contributed by atoms with Gasteiger partial charge in [0, 0.05) is 6.61 Å². The minimum atomic E-state index is -1.21. The number of carbonyl (C=O) groups is 1. The molecule has 0 bridgehead atoms. The van der Waals surface area contributed by atoms with Gasteiger partial charge in [0.15, 0.2) is 12.0 Å². The van der Waals surface area contributed by atoms with Crippen LogP contribution in [0.2, 0.25) is 0 Å². The molecule has 1 aromatic heterocycles. The zero-order chi connectivity index (χ0) is 10.6. The quantitative estimate of drug-likeness (QED) is 0.576. The Morgan fingerprint density at radius 1 is 1.43 bits per heavy atom. The number of carbonyl (C=O) groups excluding carboxylic acids is 1. The van der Waals surface area contributed by atoms with Crippen LogP contribution in [-0.2, 0) is 0 Å². The number of rotatable bonds is 5. The first-order valence-corrected chi connectivity index (χ1v) is 4.21. The molecular weight excluding hydrogens is 188 g/mol. The average Bonchev–Trinajstić information content (AvgIpc) is 2.65. The number of hydrogen-bond acceptors (Lipinski definition) is 5. The van der Waals surface area contributed by atoms with E-state index in [0.29, 0.717) is 6.29 Å².